The van der Waals surface area contributed by atoms with E-state index in [9.17, 15) is 4.39 Å². The molecule has 0 aliphatic heterocycles. The molecule has 3 rings (SSSR count). The fraction of sp³-hybridized carbons (Fsp3) is 0.348. The lowest BCUT2D eigenvalue weighted by atomic mass is 9.92. The second kappa shape index (κ2) is 7.06. The van der Waals surface area contributed by atoms with Gasteiger partial charge in [-0.1, -0.05) is 26.8 Å². The van der Waals surface area contributed by atoms with Crippen molar-refractivity contribution in [2.45, 2.75) is 41.0 Å². The van der Waals surface area contributed by atoms with Gasteiger partial charge in [-0.25, -0.2) is 9.37 Å². The first-order chi connectivity index (χ1) is 12.2. The standard InChI is InChI=1S/C23H27FN2/c1-15-14-21-19(16(2)22(15)25-13-12-23(3,4)5)10-11-20(26-21)17-6-8-18(24)9-7-17/h6-11,14,25H,12-13H2,1-5H3. The van der Waals surface area contributed by atoms with Crippen LogP contribution in [0.4, 0.5) is 10.1 Å². The Labute approximate surface area is 155 Å². The molecule has 0 atom stereocenters. The van der Waals surface area contributed by atoms with Crippen molar-refractivity contribution < 1.29 is 4.39 Å². The van der Waals surface area contributed by atoms with Crippen LogP contribution in [0.1, 0.15) is 38.3 Å². The quantitative estimate of drug-likeness (QED) is 0.580. The third-order valence-corrected chi connectivity index (χ3v) is 4.77. The molecule has 0 saturated heterocycles. The molecule has 0 amide bonds. The van der Waals surface area contributed by atoms with Gasteiger partial charge in [0.05, 0.1) is 11.2 Å². The molecule has 136 valence electrons. The van der Waals surface area contributed by atoms with Gasteiger partial charge in [-0.2, -0.15) is 0 Å². The average molecular weight is 350 g/mol. The first-order valence-electron chi connectivity index (χ1n) is 9.15. The molecule has 0 spiro atoms. The lowest BCUT2D eigenvalue weighted by Crippen LogP contribution is -2.14. The van der Waals surface area contributed by atoms with Crippen molar-refractivity contribution in [1.29, 1.82) is 0 Å². The van der Waals surface area contributed by atoms with E-state index in [-0.39, 0.29) is 5.82 Å². The van der Waals surface area contributed by atoms with Crippen LogP contribution in [0.5, 0.6) is 0 Å². The first-order valence-corrected chi connectivity index (χ1v) is 9.15. The van der Waals surface area contributed by atoms with E-state index in [1.165, 1.54) is 28.9 Å². The molecule has 3 heteroatoms. The molecule has 0 unspecified atom stereocenters. The van der Waals surface area contributed by atoms with Crippen LogP contribution >= 0.6 is 0 Å². The maximum absolute atomic E-state index is 13.2. The third-order valence-electron chi connectivity index (χ3n) is 4.77. The predicted octanol–water partition coefficient (Wildman–Crippen LogP) is 6.51. The summed E-state index contributed by atoms with van der Waals surface area (Å²) in [6.45, 7) is 12.0. The van der Waals surface area contributed by atoms with Gasteiger partial charge in [0.15, 0.2) is 0 Å². The molecule has 26 heavy (non-hydrogen) atoms. The highest BCUT2D eigenvalue weighted by atomic mass is 19.1. The van der Waals surface area contributed by atoms with E-state index in [1.807, 2.05) is 6.07 Å². The summed E-state index contributed by atoms with van der Waals surface area (Å²) in [6.07, 6.45) is 1.12. The van der Waals surface area contributed by atoms with Crippen molar-refractivity contribution in [3.63, 3.8) is 0 Å². The van der Waals surface area contributed by atoms with Crippen molar-refractivity contribution in [3.8, 4) is 11.3 Å². The van der Waals surface area contributed by atoms with Gasteiger partial charge in [0.25, 0.3) is 0 Å². The zero-order valence-electron chi connectivity index (χ0n) is 16.3. The van der Waals surface area contributed by atoms with Crippen LogP contribution in [0, 0.1) is 25.1 Å². The lowest BCUT2D eigenvalue weighted by molar-refractivity contribution is 0.390. The normalized spacial score (nSPS) is 11.8. The average Bonchev–Trinajstić information content (AvgIpc) is 2.57. The molecular formula is C23H27FN2. The number of nitrogens with one attached hydrogen (secondary N) is 1. The molecule has 0 fully saturated rings. The highest BCUT2D eigenvalue weighted by molar-refractivity contribution is 5.90. The van der Waals surface area contributed by atoms with Crippen LogP contribution in [-0.2, 0) is 0 Å². The van der Waals surface area contributed by atoms with Gasteiger partial charge in [0.1, 0.15) is 5.82 Å². The predicted molar refractivity (Wildman–Crippen MR) is 109 cm³/mol. The van der Waals surface area contributed by atoms with Crippen LogP contribution in [0.15, 0.2) is 42.5 Å². The number of fused-ring (bicyclic) bond motifs is 1. The Balaban J connectivity index is 1.94. The minimum atomic E-state index is -0.229. The maximum atomic E-state index is 13.2. The van der Waals surface area contributed by atoms with Gasteiger partial charge in [0.2, 0.25) is 0 Å². The molecular weight excluding hydrogens is 323 g/mol. The van der Waals surface area contributed by atoms with Crippen molar-refractivity contribution in [3.05, 3.63) is 59.4 Å². The second-order valence-corrected chi connectivity index (χ2v) is 8.20. The Hall–Kier alpha value is -2.42. The van der Waals surface area contributed by atoms with Crippen molar-refractivity contribution >= 4 is 16.6 Å². The van der Waals surface area contributed by atoms with E-state index in [0.29, 0.717) is 5.41 Å². The summed E-state index contributed by atoms with van der Waals surface area (Å²) in [6, 6.07) is 12.7. The summed E-state index contributed by atoms with van der Waals surface area (Å²) in [5, 5.41) is 4.77. The number of anilines is 1. The number of halogens is 1. The van der Waals surface area contributed by atoms with Gasteiger partial charge in [-0.15, -0.1) is 0 Å². The fourth-order valence-electron chi connectivity index (χ4n) is 3.23. The Morgan fingerprint density at radius 1 is 1.00 bits per heavy atom. The summed E-state index contributed by atoms with van der Waals surface area (Å²) in [5.74, 6) is -0.229. The summed E-state index contributed by atoms with van der Waals surface area (Å²) < 4.78 is 13.2. The molecule has 0 aliphatic rings. The molecule has 1 N–H and O–H groups in total. The SMILES string of the molecule is Cc1cc2nc(-c3ccc(F)cc3)ccc2c(C)c1NCCC(C)(C)C. The van der Waals surface area contributed by atoms with E-state index >= 15 is 0 Å². The number of rotatable bonds is 4. The summed E-state index contributed by atoms with van der Waals surface area (Å²) in [4.78, 5) is 4.81. The Bertz CT molecular complexity index is 922. The van der Waals surface area contributed by atoms with Crippen molar-refractivity contribution in [1.82, 2.24) is 4.98 Å². The maximum Gasteiger partial charge on any atom is 0.123 e. The Morgan fingerprint density at radius 3 is 2.35 bits per heavy atom. The summed E-state index contributed by atoms with van der Waals surface area (Å²) >= 11 is 0. The van der Waals surface area contributed by atoms with E-state index in [1.54, 1.807) is 12.1 Å². The highest BCUT2D eigenvalue weighted by Crippen LogP contribution is 2.31. The van der Waals surface area contributed by atoms with E-state index in [2.05, 4.69) is 52.1 Å². The van der Waals surface area contributed by atoms with Crippen LogP contribution in [0.25, 0.3) is 22.2 Å². The smallest absolute Gasteiger partial charge is 0.123 e. The number of aromatic nitrogens is 1. The molecule has 0 radical (unpaired) electrons. The zero-order valence-corrected chi connectivity index (χ0v) is 16.3. The number of hydrogen-bond acceptors (Lipinski definition) is 2. The molecule has 0 bridgehead atoms. The van der Waals surface area contributed by atoms with Crippen LogP contribution in [-0.4, -0.2) is 11.5 Å². The lowest BCUT2D eigenvalue weighted by Gasteiger charge is -2.21. The molecule has 0 saturated carbocycles. The van der Waals surface area contributed by atoms with Crippen molar-refractivity contribution in [2.24, 2.45) is 5.41 Å². The van der Waals surface area contributed by atoms with Crippen LogP contribution in [0.3, 0.4) is 0 Å². The molecule has 1 aromatic heterocycles. The minimum Gasteiger partial charge on any atom is -0.385 e. The zero-order chi connectivity index (χ0) is 18.9. The molecule has 3 aromatic rings. The largest absolute Gasteiger partial charge is 0.385 e. The van der Waals surface area contributed by atoms with E-state index in [4.69, 9.17) is 4.98 Å². The fourth-order valence-corrected chi connectivity index (χ4v) is 3.23. The van der Waals surface area contributed by atoms with Gasteiger partial charge in [0, 0.05) is 23.2 Å². The number of pyridine rings is 1. The van der Waals surface area contributed by atoms with Gasteiger partial charge in [-0.3, -0.25) is 0 Å². The third kappa shape index (κ3) is 4.04. The molecule has 2 aromatic carbocycles. The van der Waals surface area contributed by atoms with Crippen LogP contribution in [0.2, 0.25) is 0 Å². The number of hydrogen-bond donors (Lipinski definition) is 1. The van der Waals surface area contributed by atoms with Gasteiger partial charge < -0.3 is 5.32 Å². The van der Waals surface area contributed by atoms with Gasteiger partial charge >= 0.3 is 0 Å². The summed E-state index contributed by atoms with van der Waals surface area (Å²) in [7, 11) is 0. The molecule has 2 nitrogen and oxygen atoms in total. The van der Waals surface area contributed by atoms with Crippen molar-refractivity contribution in [2.75, 3.05) is 11.9 Å². The monoisotopic (exact) mass is 350 g/mol. The Kier molecular flexibility index (Phi) is 4.99. The highest BCUT2D eigenvalue weighted by Gasteiger charge is 2.13. The number of aryl methyl sites for hydroxylation is 2. The van der Waals surface area contributed by atoms with E-state index in [0.717, 1.165) is 35.1 Å². The van der Waals surface area contributed by atoms with Crippen LogP contribution < -0.4 is 5.32 Å². The molecule has 0 aliphatic carbocycles. The van der Waals surface area contributed by atoms with E-state index < -0.39 is 0 Å². The minimum absolute atomic E-state index is 0.229. The van der Waals surface area contributed by atoms with Gasteiger partial charge in [-0.05, 0) is 73.2 Å². The number of benzene rings is 2. The topological polar surface area (TPSA) is 24.9 Å². The number of nitrogens with zero attached hydrogens (tertiary/aromatic N) is 1. The first kappa shape index (κ1) is 18.4. The molecule has 1 heterocycles. The second-order valence-electron chi connectivity index (χ2n) is 8.20. The summed E-state index contributed by atoms with van der Waals surface area (Å²) in [5.41, 5.74) is 6.72. The Morgan fingerprint density at radius 2 is 1.69 bits per heavy atom.